The molecule has 2 aromatic carbocycles. The molecule has 0 aliphatic heterocycles. The minimum atomic E-state index is -1.73. The van der Waals surface area contributed by atoms with Crippen LogP contribution in [0.5, 0.6) is 11.5 Å². The molecular formula is C28H38N2O8. The fourth-order valence-electron chi connectivity index (χ4n) is 3.71. The molecule has 0 radical (unpaired) electrons. The molecule has 3 N–H and O–H groups in total. The molecule has 0 spiro atoms. The van der Waals surface area contributed by atoms with Crippen molar-refractivity contribution in [1.82, 2.24) is 10.6 Å². The Bertz CT molecular complexity index is 1080. The van der Waals surface area contributed by atoms with E-state index in [4.69, 9.17) is 18.9 Å². The number of aliphatic carboxylic acids is 1. The zero-order valence-corrected chi connectivity index (χ0v) is 22.8. The molecule has 0 bridgehead atoms. The number of hydrogen-bond acceptors (Lipinski definition) is 8. The van der Waals surface area contributed by atoms with Gasteiger partial charge in [-0.15, -0.1) is 0 Å². The minimum Gasteiger partial charge on any atom is -0.497 e. The number of carbonyl (C=O) groups is 3. The molecule has 2 unspecified atom stereocenters. The van der Waals surface area contributed by atoms with Gasteiger partial charge in [-0.2, -0.15) is 0 Å². The topological polar surface area (TPSA) is 132 Å². The normalized spacial score (nSPS) is 13.5. The van der Waals surface area contributed by atoms with Crippen LogP contribution >= 0.6 is 0 Å². The standard InChI is InChI=1S/C28H38N2O8/c1-19(24(31)38-27(2,3)4)15-28(25(32)33,18-29-26(34)37-17-20-10-8-7-9-11-20)30-16-21-12-13-22(35-5)14-23(21)36-6/h7-14,19,30H,15-18H2,1-6H3,(H,29,34)(H,32,33). The lowest BCUT2D eigenvalue weighted by molar-refractivity contribution is -0.161. The zero-order chi connectivity index (χ0) is 28.3. The molecule has 10 heteroatoms. The number of carbonyl (C=O) groups excluding carboxylic acids is 2. The monoisotopic (exact) mass is 530 g/mol. The maximum Gasteiger partial charge on any atom is 0.407 e. The third-order valence-corrected chi connectivity index (χ3v) is 5.73. The molecule has 0 heterocycles. The molecule has 2 atom stereocenters. The van der Waals surface area contributed by atoms with Gasteiger partial charge in [-0.3, -0.25) is 14.9 Å². The first-order valence-electron chi connectivity index (χ1n) is 12.3. The maximum absolute atomic E-state index is 12.7. The van der Waals surface area contributed by atoms with Gasteiger partial charge in [0.15, 0.2) is 0 Å². The molecule has 0 aromatic heterocycles. The van der Waals surface area contributed by atoms with E-state index in [0.29, 0.717) is 17.1 Å². The van der Waals surface area contributed by atoms with E-state index in [9.17, 15) is 19.5 Å². The quantitative estimate of drug-likeness (QED) is 0.330. The lowest BCUT2D eigenvalue weighted by Gasteiger charge is -2.33. The van der Waals surface area contributed by atoms with Gasteiger partial charge in [-0.25, -0.2) is 4.79 Å². The van der Waals surface area contributed by atoms with Gasteiger partial charge in [0.05, 0.1) is 20.1 Å². The zero-order valence-electron chi connectivity index (χ0n) is 22.8. The lowest BCUT2D eigenvalue weighted by atomic mass is 9.87. The number of ether oxygens (including phenoxy) is 4. The second-order valence-corrected chi connectivity index (χ2v) is 9.97. The van der Waals surface area contributed by atoms with Crippen LogP contribution in [0.3, 0.4) is 0 Å². The summed E-state index contributed by atoms with van der Waals surface area (Å²) in [4.78, 5) is 37.8. The first-order chi connectivity index (χ1) is 17.9. The van der Waals surface area contributed by atoms with Crippen molar-refractivity contribution in [3.8, 4) is 11.5 Å². The summed E-state index contributed by atoms with van der Waals surface area (Å²) in [5, 5.41) is 15.9. The molecule has 0 saturated carbocycles. The summed E-state index contributed by atoms with van der Waals surface area (Å²) in [7, 11) is 3.03. The number of esters is 1. The van der Waals surface area contributed by atoms with Gasteiger partial charge in [0, 0.05) is 24.7 Å². The summed E-state index contributed by atoms with van der Waals surface area (Å²) < 4.78 is 21.4. The number of alkyl carbamates (subject to hydrolysis) is 1. The van der Waals surface area contributed by atoms with Crippen LogP contribution in [0, 0.1) is 5.92 Å². The van der Waals surface area contributed by atoms with E-state index in [2.05, 4.69) is 10.6 Å². The fraction of sp³-hybridized carbons (Fsp3) is 0.464. The van der Waals surface area contributed by atoms with Crippen LogP contribution in [0.25, 0.3) is 0 Å². The molecule has 0 aliphatic rings. The molecule has 0 saturated heterocycles. The van der Waals surface area contributed by atoms with Crippen molar-refractivity contribution >= 4 is 18.0 Å². The van der Waals surface area contributed by atoms with E-state index in [1.54, 1.807) is 58.0 Å². The molecule has 1 amide bonds. The lowest BCUT2D eigenvalue weighted by Crippen LogP contribution is -2.60. The molecule has 10 nitrogen and oxygen atoms in total. The molecule has 2 aromatic rings. The van der Waals surface area contributed by atoms with Crippen molar-refractivity contribution in [2.24, 2.45) is 5.92 Å². The number of carboxylic acid groups (broad SMARTS) is 1. The summed E-state index contributed by atoms with van der Waals surface area (Å²) in [5.41, 5.74) is -1.01. The largest absolute Gasteiger partial charge is 0.497 e. The summed E-state index contributed by atoms with van der Waals surface area (Å²) in [6.45, 7) is 6.55. The molecular weight excluding hydrogens is 492 g/mol. The molecule has 2 rings (SSSR count). The highest BCUT2D eigenvalue weighted by Crippen LogP contribution is 2.27. The number of rotatable bonds is 13. The van der Waals surface area contributed by atoms with Crippen LogP contribution < -0.4 is 20.1 Å². The Balaban J connectivity index is 2.24. The van der Waals surface area contributed by atoms with Gasteiger partial charge >= 0.3 is 18.0 Å². The van der Waals surface area contributed by atoms with E-state index in [1.807, 2.05) is 18.2 Å². The highest BCUT2D eigenvalue weighted by molar-refractivity contribution is 5.82. The molecule has 0 aliphatic carbocycles. The maximum atomic E-state index is 12.7. The summed E-state index contributed by atoms with van der Waals surface area (Å²) in [5.74, 6) is -1.51. The van der Waals surface area contributed by atoms with E-state index >= 15 is 0 Å². The number of benzene rings is 2. The van der Waals surface area contributed by atoms with Crippen LogP contribution in [0.15, 0.2) is 48.5 Å². The first-order valence-corrected chi connectivity index (χ1v) is 12.3. The van der Waals surface area contributed by atoms with E-state index in [1.165, 1.54) is 14.2 Å². The van der Waals surface area contributed by atoms with Crippen molar-refractivity contribution in [3.05, 3.63) is 59.7 Å². The molecule has 208 valence electrons. The molecule has 0 fully saturated rings. The minimum absolute atomic E-state index is 0.0253. The Morgan fingerprint density at radius 1 is 1.00 bits per heavy atom. The Kier molecular flexibility index (Phi) is 10.9. The van der Waals surface area contributed by atoms with E-state index in [0.717, 1.165) is 5.56 Å². The predicted molar refractivity (Wildman–Crippen MR) is 141 cm³/mol. The third kappa shape index (κ3) is 9.26. The Morgan fingerprint density at radius 3 is 2.26 bits per heavy atom. The number of amides is 1. The Labute approximate surface area is 223 Å². The van der Waals surface area contributed by atoms with Gasteiger partial charge in [0.2, 0.25) is 0 Å². The van der Waals surface area contributed by atoms with Crippen molar-refractivity contribution in [2.45, 2.75) is 58.4 Å². The highest BCUT2D eigenvalue weighted by Gasteiger charge is 2.42. The average molecular weight is 531 g/mol. The third-order valence-electron chi connectivity index (χ3n) is 5.73. The van der Waals surface area contributed by atoms with Gasteiger partial charge in [0.1, 0.15) is 29.2 Å². The second-order valence-electron chi connectivity index (χ2n) is 9.97. The van der Waals surface area contributed by atoms with Crippen molar-refractivity contribution < 1.29 is 38.4 Å². The van der Waals surface area contributed by atoms with Crippen molar-refractivity contribution in [1.29, 1.82) is 0 Å². The van der Waals surface area contributed by atoms with Gasteiger partial charge < -0.3 is 29.4 Å². The van der Waals surface area contributed by atoms with E-state index in [-0.39, 0.29) is 26.1 Å². The van der Waals surface area contributed by atoms with Crippen molar-refractivity contribution in [3.63, 3.8) is 0 Å². The van der Waals surface area contributed by atoms with Gasteiger partial charge in [-0.05, 0) is 38.8 Å². The second kappa shape index (κ2) is 13.7. The smallest absolute Gasteiger partial charge is 0.407 e. The SMILES string of the molecule is COc1ccc(CNC(CNC(=O)OCc2ccccc2)(CC(C)C(=O)OC(C)(C)C)C(=O)O)c(OC)c1. The summed E-state index contributed by atoms with van der Waals surface area (Å²) >= 11 is 0. The van der Waals surface area contributed by atoms with Crippen LogP contribution in [-0.2, 0) is 32.2 Å². The predicted octanol–water partition coefficient (Wildman–Crippen LogP) is 3.91. The average Bonchev–Trinajstić information content (AvgIpc) is 2.88. The number of hydrogen-bond donors (Lipinski definition) is 3. The van der Waals surface area contributed by atoms with Gasteiger partial charge in [0.25, 0.3) is 0 Å². The molecule has 38 heavy (non-hydrogen) atoms. The number of nitrogens with one attached hydrogen (secondary N) is 2. The Morgan fingerprint density at radius 2 is 1.68 bits per heavy atom. The first kappa shape index (κ1) is 30.4. The van der Waals surface area contributed by atoms with E-state index < -0.39 is 35.1 Å². The Hall–Kier alpha value is -3.79. The number of methoxy groups -OCH3 is 2. The van der Waals surface area contributed by atoms with Crippen LogP contribution in [0.4, 0.5) is 4.79 Å². The summed E-state index contributed by atoms with van der Waals surface area (Å²) in [6.07, 6.45) is -0.942. The van der Waals surface area contributed by atoms with Crippen LogP contribution in [-0.4, -0.2) is 55.0 Å². The van der Waals surface area contributed by atoms with Gasteiger partial charge in [-0.1, -0.05) is 43.3 Å². The highest BCUT2D eigenvalue weighted by atomic mass is 16.6. The number of carboxylic acids is 1. The summed E-state index contributed by atoms with van der Waals surface area (Å²) in [6, 6.07) is 14.3. The van der Waals surface area contributed by atoms with Crippen LogP contribution in [0.1, 0.15) is 45.2 Å². The van der Waals surface area contributed by atoms with Crippen molar-refractivity contribution in [2.75, 3.05) is 20.8 Å². The fourth-order valence-corrected chi connectivity index (χ4v) is 3.71. The van der Waals surface area contributed by atoms with Crippen LogP contribution in [0.2, 0.25) is 0 Å².